The Morgan fingerprint density at radius 2 is 2.28 bits per heavy atom. The number of pyridine rings is 1. The molecule has 6 heteroatoms. The van der Waals surface area contributed by atoms with E-state index in [0.29, 0.717) is 11.6 Å². The molecule has 1 saturated heterocycles. The van der Waals surface area contributed by atoms with E-state index >= 15 is 0 Å². The first-order valence-electron chi connectivity index (χ1n) is 5.50. The van der Waals surface area contributed by atoms with Crippen LogP contribution >= 0.6 is 11.6 Å². The SMILES string of the molecule is Cc1cc(N2C(=O)C(Cl)C2c2ccccn2)no1. The fraction of sp³-hybridized carbons (Fsp3) is 0.250. The van der Waals surface area contributed by atoms with Crippen molar-refractivity contribution < 1.29 is 9.32 Å². The third-order valence-electron chi connectivity index (χ3n) is 2.88. The third-order valence-corrected chi connectivity index (χ3v) is 3.31. The van der Waals surface area contributed by atoms with Crippen LogP contribution in [0.4, 0.5) is 5.82 Å². The summed E-state index contributed by atoms with van der Waals surface area (Å²) in [7, 11) is 0. The van der Waals surface area contributed by atoms with E-state index in [1.165, 1.54) is 4.90 Å². The molecule has 2 aromatic heterocycles. The highest BCUT2D eigenvalue weighted by Gasteiger charge is 2.49. The highest BCUT2D eigenvalue weighted by Crippen LogP contribution is 2.40. The van der Waals surface area contributed by atoms with Crippen LogP contribution in [0.3, 0.4) is 0 Å². The normalized spacial score (nSPS) is 23.0. The number of alkyl halides is 1. The van der Waals surface area contributed by atoms with Gasteiger partial charge in [-0.15, -0.1) is 11.6 Å². The molecule has 0 bridgehead atoms. The van der Waals surface area contributed by atoms with Gasteiger partial charge < -0.3 is 4.52 Å². The maximum atomic E-state index is 11.8. The molecule has 0 saturated carbocycles. The lowest BCUT2D eigenvalue weighted by molar-refractivity contribution is -0.123. The minimum absolute atomic E-state index is 0.180. The van der Waals surface area contributed by atoms with Crippen LogP contribution in [0.1, 0.15) is 17.5 Å². The Labute approximate surface area is 108 Å². The van der Waals surface area contributed by atoms with Gasteiger partial charge in [0.2, 0.25) is 5.91 Å². The van der Waals surface area contributed by atoms with E-state index in [1.54, 1.807) is 19.2 Å². The number of aryl methyl sites for hydroxylation is 1. The van der Waals surface area contributed by atoms with Crippen LogP contribution in [0.15, 0.2) is 35.0 Å². The second-order valence-corrected chi connectivity index (χ2v) is 4.58. The van der Waals surface area contributed by atoms with Crippen molar-refractivity contribution >= 4 is 23.3 Å². The van der Waals surface area contributed by atoms with Crippen LogP contribution in [0.2, 0.25) is 0 Å². The van der Waals surface area contributed by atoms with E-state index in [4.69, 9.17) is 16.1 Å². The molecule has 0 spiro atoms. The van der Waals surface area contributed by atoms with E-state index in [0.717, 1.165) is 5.69 Å². The fourth-order valence-electron chi connectivity index (χ4n) is 2.01. The van der Waals surface area contributed by atoms with Crippen molar-refractivity contribution in [2.45, 2.75) is 18.3 Å². The van der Waals surface area contributed by atoms with E-state index in [2.05, 4.69) is 10.1 Å². The molecular weight excluding hydrogens is 254 g/mol. The maximum absolute atomic E-state index is 11.8. The summed E-state index contributed by atoms with van der Waals surface area (Å²) < 4.78 is 4.98. The van der Waals surface area contributed by atoms with Crippen LogP contribution in [0.25, 0.3) is 0 Å². The van der Waals surface area contributed by atoms with Crippen molar-refractivity contribution in [2.75, 3.05) is 4.90 Å². The third kappa shape index (κ3) is 1.59. The molecule has 2 aromatic rings. The first-order chi connectivity index (χ1) is 8.68. The highest BCUT2D eigenvalue weighted by molar-refractivity contribution is 6.37. The molecular formula is C12H10ClN3O2. The molecule has 0 N–H and O–H groups in total. The van der Waals surface area contributed by atoms with E-state index in [9.17, 15) is 4.79 Å². The second kappa shape index (κ2) is 4.10. The van der Waals surface area contributed by atoms with Gasteiger partial charge in [-0.1, -0.05) is 11.2 Å². The number of anilines is 1. The zero-order valence-corrected chi connectivity index (χ0v) is 10.3. The quantitative estimate of drug-likeness (QED) is 0.615. The van der Waals surface area contributed by atoms with Crippen LogP contribution in [-0.4, -0.2) is 21.4 Å². The zero-order valence-electron chi connectivity index (χ0n) is 9.58. The van der Waals surface area contributed by atoms with Gasteiger partial charge in [0.05, 0.1) is 5.69 Å². The van der Waals surface area contributed by atoms with Crippen molar-refractivity contribution in [3.05, 3.63) is 41.9 Å². The second-order valence-electron chi connectivity index (χ2n) is 4.11. The van der Waals surface area contributed by atoms with Gasteiger partial charge in [0.15, 0.2) is 5.82 Å². The number of carbonyl (C=O) groups excluding carboxylic acids is 1. The summed E-state index contributed by atoms with van der Waals surface area (Å²) in [4.78, 5) is 17.6. The molecule has 3 heterocycles. The first-order valence-corrected chi connectivity index (χ1v) is 5.93. The molecule has 2 unspecified atom stereocenters. The minimum Gasteiger partial charge on any atom is -0.360 e. The molecule has 0 aliphatic carbocycles. The van der Waals surface area contributed by atoms with Crippen molar-refractivity contribution in [3.8, 4) is 0 Å². The van der Waals surface area contributed by atoms with E-state index in [-0.39, 0.29) is 11.9 Å². The van der Waals surface area contributed by atoms with Crippen molar-refractivity contribution in [1.29, 1.82) is 0 Å². The molecule has 2 atom stereocenters. The van der Waals surface area contributed by atoms with Crippen molar-refractivity contribution in [3.63, 3.8) is 0 Å². The summed E-state index contributed by atoms with van der Waals surface area (Å²) in [6.45, 7) is 1.77. The number of nitrogens with zero attached hydrogens (tertiary/aromatic N) is 3. The van der Waals surface area contributed by atoms with Crippen molar-refractivity contribution in [1.82, 2.24) is 10.1 Å². The average molecular weight is 264 g/mol. The standard InChI is InChI=1S/C12H10ClN3O2/c1-7-6-9(15-18-7)16-11(10(13)12(16)17)8-4-2-3-5-14-8/h2-6,10-11H,1H3. The molecule has 0 aromatic carbocycles. The smallest absolute Gasteiger partial charge is 0.249 e. The van der Waals surface area contributed by atoms with Crippen LogP contribution in [0, 0.1) is 6.92 Å². The molecule has 0 radical (unpaired) electrons. The largest absolute Gasteiger partial charge is 0.360 e. The Hall–Kier alpha value is -1.88. The summed E-state index contributed by atoms with van der Waals surface area (Å²) in [6, 6.07) is 6.94. The van der Waals surface area contributed by atoms with Gasteiger partial charge in [-0.2, -0.15) is 0 Å². The van der Waals surface area contributed by atoms with Crippen LogP contribution in [0.5, 0.6) is 0 Å². The number of aromatic nitrogens is 2. The highest BCUT2D eigenvalue weighted by atomic mass is 35.5. The molecule has 1 aliphatic heterocycles. The number of amides is 1. The van der Waals surface area contributed by atoms with Gasteiger partial charge in [0.25, 0.3) is 0 Å². The van der Waals surface area contributed by atoms with Crippen molar-refractivity contribution in [2.24, 2.45) is 0 Å². The molecule has 18 heavy (non-hydrogen) atoms. The summed E-state index contributed by atoms with van der Waals surface area (Å²) in [6.07, 6.45) is 1.67. The Balaban J connectivity index is 1.96. The Kier molecular flexibility index (Phi) is 2.56. The lowest BCUT2D eigenvalue weighted by Crippen LogP contribution is -2.57. The number of hydrogen-bond acceptors (Lipinski definition) is 4. The number of carbonyl (C=O) groups is 1. The molecule has 1 amide bonds. The Bertz CT molecular complexity index is 584. The molecule has 1 aliphatic rings. The lowest BCUT2D eigenvalue weighted by atomic mass is 9.97. The van der Waals surface area contributed by atoms with Crippen LogP contribution in [-0.2, 0) is 4.79 Å². The van der Waals surface area contributed by atoms with Gasteiger partial charge in [-0.05, 0) is 19.1 Å². The first kappa shape index (κ1) is 11.2. The predicted molar refractivity (Wildman–Crippen MR) is 65.3 cm³/mol. The van der Waals surface area contributed by atoms with Gasteiger partial charge in [0.1, 0.15) is 17.2 Å². The number of hydrogen-bond donors (Lipinski definition) is 0. The summed E-state index contributed by atoms with van der Waals surface area (Å²) in [5.41, 5.74) is 0.748. The minimum atomic E-state index is -0.600. The molecule has 3 rings (SSSR count). The monoisotopic (exact) mass is 263 g/mol. The van der Waals surface area contributed by atoms with Gasteiger partial charge in [-0.3, -0.25) is 14.7 Å². The zero-order chi connectivity index (χ0) is 12.7. The maximum Gasteiger partial charge on any atom is 0.249 e. The number of rotatable bonds is 2. The van der Waals surface area contributed by atoms with E-state index in [1.807, 2.05) is 18.2 Å². The predicted octanol–water partition coefficient (Wildman–Crippen LogP) is 2.07. The van der Waals surface area contributed by atoms with Gasteiger partial charge in [0, 0.05) is 12.3 Å². The summed E-state index contributed by atoms with van der Waals surface area (Å²) >= 11 is 6.06. The molecule has 1 fully saturated rings. The van der Waals surface area contributed by atoms with Gasteiger partial charge in [-0.25, -0.2) is 0 Å². The Morgan fingerprint density at radius 3 is 2.89 bits per heavy atom. The summed E-state index contributed by atoms with van der Waals surface area (Å²) in [5, 5.41) is 3.24. The molecule has 92 valence electrons. The van der Waals surface area contributed by atoms with Crippen LogP contribution < -0.4 is 4.90 Å². The number of halogens is 1. The Morgan fingerprint density at radius 1 is 1.44 bits per heavy atom. The van der Waals surface area contributed by atoms with Gasteiger partial charge >= 0.3 is 0 Å². The summed E-state index contributed by atoms with van der Waals surface area (Å²) in [5.74, 6) is 0.946. The lowest BCUT2D eigenvalue weighted by Gasteiger charge is -2.41. The fourth-order valence-corrected chi connectivity index (χ4v) is 2.36. The topological polar surface area (TPSA) is 59.2 Å². The number of β-lactam (4-membered cyclic amide) rings is 1. The molecule has 5 nitrogen and oxygen atoms in total. The average Bonchev–Trinajstić information content (AvgIpc) is 2.81. The van der Waals surface area contributed by atoms with E-state index < -0.39 is 5.38 Å².